The van der Waals surface area contributed by atoms with Crippen LogP contribution < -0.4 is 0 Å². The molecule has 1 aliphatic rings. The molecule has 1 heteroatoms. The quantitative estimate of drug-likeness (QED) is 0.158. The van der Waals surface area contributed by atoms with Crippen molar-refractivity contribution in [2.24, 2.45) is 23.7 Å². The van der Waals surface area contributed by atoms with E-state index in [1.807, 2.05) is 0 Å². The van der Waals surface area contributed by atoms with Gasteiger partial charge >= 0.3 is 99.2 Å². The van der Waals surface area contributed by atoms with Gasteiger partial charge in [0, 0.05) is 0 Å². The van der Waals surface area contributed by atoms with Crippen LogP contribution in [0.3, 0.4) is 0 Å². The van der Waals surface area contributed by atoms with E-state index in [4.69, 9.17) is 0 Å². The Balaban J connectivity index is 0.000000172. The number of hydrogen-bond donors (Lipinski definition) is 0. The molecule has 0 fully saturated rings. The Hall–Kier alpha value is -3.02. The van der Waals surface area contributed by atoms with Crippen LogP contribution >= 0.6 is 0 Å². The topological polar surface area (TPSA) is 0 Å². The summed E-state index contributed by atoms with van der Waals surface area (Å²) in [5, 5.41) is 5.48. The van der Waals surface area contributed by atoms with E-state index < -0.39 is 0 Å². The summed E-state index contributed by atoms with van der Waals surface area (Å²) in [7, 11) is 0. The van der Waals surface area contributed by atoms with Crippen molar-refractivity contribution in [3.05, 3.63) is 149 Å². The van der Waals surface area contributed by atoms with Crippen LogP contribution in [0.5, 0.6) is 0 Å². The summed E-state index contributed by atoms with van der Waals surface area (Å²) in [5.41, 5.74) is 9.02. The first-order valence-corrected chi connectivity index (χ1v) is 19.4. The molecule has 0 saturated heterocycles. The van der Waals surface area contributed by atoms with Gasteiger partial charge in [-0.1, -0.05) is 136 Å². The molecule has 0 nitrogen and oxygen atoms in total. The number of hydrogen-bond acceptors (Lipinski definition) is 0. The van der Waals surface area contributed by atoms with Crippen molar-refractivity contribution in [1.29, 1.82) is 0 Å². The van der Waals surface area contributed by atoms with Crippen LogP contribution in [0.25, 0.3) is 21.5 Å². The number of allylic oxidation sites excluding steroid dienone is 4. The molecule has 5 aromatic rings. The van der Waals surface area contributed by atoms with Gasteiger partial charge in [-0.05, 0) is 16.7 Å². The standard InChI is InChI=1S/C21H25.C14H23.C13H10.Zr/c1-20(2,3)16-7-9-18-14(12-16)11-15-13-17(21(4,5)6)8-10-19(15)18;1-9(2)12-7-8-13(10(3)4)14(12)11(5)6;1-3-7-12(8-4-1)11-13-9-5-2-6-10-13;/h7-13H,1-6H3;7,9-11,13H,1-6H3;1-10H;/q2*-1;;+2. The third kappa shape index (κ3) is 9.82. The minimum atomic E-state index is 0.203. The molecule has 0 heterocycles. The van der Waals surface area contributed by atoms with Gasteiger partial charge in [-0.15, -0.1) is 39.7 Å². The Bertz CT molecular complexity index is 1790. The third-order valence-electron chi connectivity index (χ3n) is 9.56. The fraction of sp³-hybridized carbons (Fsp3) is 0.375. The maximum atomic E-state index is 3.52. The summed E-state index contributed by atoms with van der Waals surface area (Å²) >= 11 is 1.46. The minimum absolute atomic E-state index is 0.203. The summed E-state index contributed by atoms with van der Waals surface area (Å²) in [5.74, 6) is 2.54. The van der Waals surface area contributed by atoms with E-state index in [2.05, 4.69) is 198 Å². The second-order valence-corrected chi connectivity index (χ2v) is 17.8. The Kier molecular flexibility index (Phi) is 12.9. The molecule has 49 heavy (non-hydrogen) atoms. The number of fused-ring (bicyclic) bond motifs is 3. The van der Waals surface area contributed by atoms with Gasteiger partial charge < -0.3 is 0 Å². The van der Waals surface area contributed by atoms with Gasteiger partial charge in [0.1, 0.15) is 0 Å². The predicted octanol–water partition coefficient (Wildman–Crippen LogP) is 13.3. The summed E-state index contributed by atoms with van der Waals surface area (Å²) in [6, 6.07) is 37.3. The van der Waals surface area contributed by atoms with Crippen LogP contribution in [-0.2, 0) is 35.1 Å². The van der Waals surface area contributed by atoms with Gasteiger partial charge in [0.2, 0.25) is 0 Å². The molecule has 6 rings (SSSR count). The third-order valence-corrected chi connectivity index (χ3v) is 11.0. The molecule has 0 radical (unpaired) electrons. The van der Waals surface area contributed by atoms with Crippen molar-refractivity contribution in [1.82, 2.24) is 0 Å². The summed E-state index contributed by atoms with van der Waals surface area (Å²) in [6.07, 6.45) is 5.75. The monoisotopic (exact) mass is 724 g/mol. The van der Waals surface area contributed by atoms with Gasteiger partial charge in [-0.2, -0.15) is 11.1 Å². The van der Waals surface area contributed by atoms with Crippen molar-refractivity contribution in [2.45, 2.75) is 93.9 Å². The second kappa shape index (κ2) is 16.3. The molecule has 0 N–H and O–H groups in total. The zero-order valence-electron chi connectivity index (χ0n) is 32.2. The SMILES string of the molecule is CC(C)(C)c1ccc2c(c1)[cH-]c1cc(C(C)(C)C)ccc12.CC(C)C1=C(C(C)C)C(C(C)C)[C-]=C1.[Zr+2]=[C](c1ccccc1)c1ccccc1. The van der Waals surface area contributed by atoms with E-state index in [1.165, 1.54) is 76.8 Å². The molecule has 0 amide bonds. The molecule has 0 saturated carbocycles. The molecule has 0 spiro atoms. The summed E-state index contributed by atoms with van der Waals surface area (Å²) < 4.78 is 1.42. The van der Waals surface area contributed by atoms with E-state index in [9.17, 15) is 0 Å². The second-order valence-electron chi connectivity index (χ2n) is 16.6. The Morgan fingerprint density at radius 3 is 1.39 bits per heavy atom. The van der Waals surface area contributed by atoms with Crippen LogP contribution in [-0.4, -0.2) is 3.21 Å². The molecular weight excluding hydrogens is 668 g/mol. The van der Waals surface area contributed by atoms with Crippen LogP contribution in [0.15, 0.2) is 120 Å². The molecule has 1 aliphatic carbocycles. The first kappa shape index (κ1) is 38.8. The molecule has 0 aliphatic heterocycles. The molecular formula is C48H58Zr. The predicted molar refractivity (Wildman–Crippen MR) is 213 cm³/mol. The fourth-order valence-corrected chi connectivity index (χ4v) is 7.43. The van der Waals surface area contributed by atoms with E-state index in [1.54, 1.807) is 5.57 Å². The number of rotatable bonds is 5. The number of benzene rings is 4. The molecule has 1 unspecified atom stereocenters. The Labute approximate surface area is 313 Å². The summed E-state index contributed by atoms with van der Waals surface area (Å²) in [6.45, 7) is 27.4. The average Bonchev–Trinajstić information content (AvgIpc) is 3.67. The van der Waals surface area contributed by atoms with Crippen LogP contribution in [0.4, 0.5) is 0 Å². The molecule has 0 aromatic heterocycles. The fourth-order valence-electron chi connectivity index (χ4n) is 6.61. The van der Waals surface area contributed by atoms with Crippen molar-refractivity contribution in [3.8, 4) is 0 Å². The molecule has 5 aromatic carbocycles. The van der Waals surface area contributed by atoms with Crippen LogP contribution in [0.2, 0.25) is 0 Å². The van der Waals surface area contributed by atoms with E-state index in [-0.39, 0.29) is 10.8 Å². The zero-order chi connectivity index (χ0) is 36.1. The molecule has 254 valence electrons. The van der Waals surface area contributed by atoms with Gasteiger partial charge in [0.25, 0.3) is 0 Å². The maximum absolute atomic E-state index is 3.52. The zero-order valence-corrected chi connectivity index (χ0v) is 34.7. The van der Waals surface area contributed by atoms with Crippen molar-refractivity contribution >= 4 is 24.8 Å². The Morgan fingerprint density at radius 1 is 0.612 bits per heavy atom. The van der Waals surface area contributed by atoms with Crippen molar-refractivity contribution < 1.29 is 24.2 Å². The van der Waals surface area contributed by atoms with E-state index >= 15 is 0 Å². The molecule has 1 atom stereocenters. The van der Waals surface area contributed by atoms with E-state index in [0.29, 0.717) is 23.7 Å². The van der Waals surface area contributed by atoms with Gasteiger partial charge in [-0.3, -0.25) is 6.08 Å². The van der Waals surface area contributed by atoms with E-state index in [0.717, 1.165) is 0 Å². The van der Waals surface area contributed by atoms with Gasteiger partial charge in [-0.25, -0.2) is 6.08 Å². The summed E-state index contributed by atoms with van der Waals surface area (Å²) in [4.78, 5) is 0. The van der Waals surface area contributed by atoms with Gasteiger partial charge in [0.05, 0.1) is 0 Å². The van der Waals surface area contributed by atoms with Gasteiger partial charge in [0.15, 0.2) is 0 Å². The first-order chi connectivity index (χ1) is 23.0. The Morgan fingerprint density at radius 2 is 1.04 bits per heavy atom. The normalized spacial score (nSPS) is 14.8. The first-order valence-electron chi connectivity index (χ1n) is 18.2. The van der Waals surface area contributed by atoms with Crippen LogP contribution in [0.1, 0.15) is 105 Å². The van der Waals surface area contributed by atoms with Crippen molar-refractivity contribution in [2.75, 3.05) is 0 Å². The van der Waals surface area contributed by atoms with Crippen LogP contribution in [0, 0.1) is 29.7 Å². The average molecular weight is 726 g/mol. The van der Waals surface area contributed by atoms with Crippen molar-refractivity contribution in [3.63, 3.8) is 0 Å². The molecule has 0 bridgehead atoms.